The van der Waals surface area contributed by atoms with Crippen molar-refractivity contribution in [3.63, 3.8) is 0 Å². The van der Waals surface area contributed by atoms with Gasteiger partial charge in [-0.25, -0.2) is 8.42 Å². The number of rotatable bonds is 3. The van der Waals surface area contributed by atoms with Gasteiger partial charge in [0.15, 0.2) is 9.84 Å². The zero-order valence-electron chi connectivity index (χ0n) is 11.1. The van der Waals surface area contributed by atoms with Crippen LogP contribution in [0.25, 0.3) is 0 Å². The molecule has 0 amide bonds. The molecule has 1 fully saturated rings. The molecule has 0 radical (unpaired) electrons. The third-order valence-electron chi connectivity index (χ3n) is 3.56. The molecule has 0 spiro atoms. The van der Waals surface area contributed by atoms with E-state index in [-0.39, 0.29) is 11.4 Å². The van der Waals surface area contributed by atoms with Crippen molar-refractivity contribution in [3.05, 3.63) is 24.3 Å². The van der Waals surface area contributed by atoms with E-state index in [1.165, 1.54) is 12.7 Å². The van der Waals surface area contributed by atoms with E-state index in [0.29, 0.717) is 10.6 Å². The van der Waals surface area contributed by atoms with Crippen LogP contribution in [0.1, 0.15) is 32.1 Å². The Morgan fingerprint density at radius 3 is 2.58 bits per heavy atom. The first-order chi connectivity index (χ1) is 8.98. The first-order valence-electron chi connectivity index (χ1n) is 6.68. The number of alkyl halides is 1. The lowest BCUT2D eigenvalue weighted by molar-refractivity contribution is 0.600. The van der Waals surface area contributed by atoms with Gasteiger partial charge in [0.05, 0.1) is 16.0 Å². The highest BCUT2D eigenvalue weighted by Gasteiger charge is 2.23. The van der Waals surface area contributed by atoms with Gasteiger partial charge >= 0.3 is 0 Å². The SMILES string of the molecule is CS(=O)(=O)c1ccccc1NC1CCCCCC1Cl. The van der Waals surface area contributed by atoms with Gasteiger partial charge in [0, 0.05) is 12.3 Å². The number of hydrogen-bond acceptors (Lipinski definition) is 3. The average molecular weight is 302 g/mol. The molecule has 19 heavy (non-hydrogen) atoms. The Kier molecular flexibility index (Phi) is 4.74. The van der Waals surface area contributed by atoms with Gasteiger partial charge in [-0.1, -0.05) is 31.4 Å². The minimum atomic E-state index is -3.22. The second-order valence-electron chi connectivity index (χ2n) is 5.17. The monoisotopic (exact) mass is 301 g/mol. The van der Waals surface area contributed by atoms with E-state index in [0.717, 1.165) is 25.7 Å². The highest BCUT2D eigenvalue weighted by Crippen LogP contribution is 2.28. The van der Waals surface area contributed by atoms with Crippen molar-refractivity contribution < 1.29 is 8.42 Å². The zero-order chi connectivity index (χ0) is 13.9. The predicted octanol–water partition coefficient (Wildman–Crippen LogP) is 3.44. The fourth-order valence-electron chi connectivity index (χ4n) is 2.53. The molecule has 0 heterocycles. The molecule has 0 saturated heterocycles. The van der Waals surface area contributed by atoms with Crippen molar-refractivity contribution >= 4 is 27.1 Å². The van der Waals surface area contributed by atoms with Crippen LogP contribution in [0.5, 0.6) is 0 Å². The number of benzene rings is 1. The molecule has 2 atom stereocenters. The highest BCUT2D eigenvalue weighted by atomic mass is 35.5. The van der Waals surface area contributed by atoms with Crippen molar-refractivity contribution in [3.8, 4) is 0 Å². The molecular weight excluding hydrogens is 282 g/mol. The van der Waals surface area contributed by atoms with Gasteiger partial charge in [-0.3, -0.25) is 0 Å². The molecule has 0 aromatic heterocycles. The van der Waals surface area contributed by atoms with Gasteiger partial charge in [0.1, 0.15) is 0 Å². The summed E-state index contributed by atoms with van der Waals surface area (Å²) in [6.07, 6.45) is 6.71. The fraction of sp³-hybridized carbons (Fsp3) is 0.571. The van der Waals surface area contributed by atoms with Crippen molar-refractivity contribution in [2.45, 2.75) is 48.4 Å². The number of anilines is 1. The Balaban J connectivity index is 2.23. The van der Waals surface area contributed by atoms with Crippen LogP contribution in [-0.4, -0.2) is 26.1 Å². The van der Waals surface area contributed by atoms with Crippen LogP contribution < -0.4 is 5.32 Å². The van der Waals surface area contributed by atoms with Gasteiger partial charge in [0.25, 0.3) is 0 Å². The number of para-hydroxylation sites is 1. The molecule has 106 valence electrons. The standard InChI is InChI=1S/C14H20ClNO2S/c1-19(17,18)14-10-6-5-9-13(14)16-12-8-4-2-3-7-11(12)15/h5-6,9-12,16H,2-4,7-8H2,1H3. The van der Waals surface area contributed by atoms with Crippen molar-refractivity contribution in [2.75, 3.05) is 11.6 Å². The van der Waals surface area contributed by atoms with Crippen LogP contribution in [0, 0.1) is 0 Å². The van der Waals surface area contributed by atoms with E-state index in [1.807, 2.05) is 12.1 Å². The van der Waals surface area contributed by atoms with Crippen LogP contribution in [0.3, 0.4) is 0 Å². The molecule has 1 aliphatic carbocycles. The van der Waals surface area contributed by atoms with Crippen molar-refractivity contribution in [1.29, 1.82) is 0 Å². The summed E-state index contributed by atoms with van der Waals surface area (Å²) in [7, 11) is -3.22. The maximum absolute atomic E-state index is 11.8. The summed E-state index contributed by atoms with van der Waals surface area (Å²) in [6.45, 7) is 0. The molecule has 1 aliphatic rings. The lowest BCUT2D eigenvalue weighted by Gasteiger charge is -2.23. The Bertz CT molecular complexity index is 530. The van der Waals surface area contributed by atoms with E-state index in [1.54, 1.807) is 12.1 Å². The molecular formula is C14H20ClNO2S. The van der Waals surface area contributed by atoms with E-state index in [9.17, 15) is 8.42 Å². The zero-order valence-corrected chi connectivity index (χ0v) is 12.7. The summed E-state index contributed by atoms with van der Waals surface area (Å²) in [5.41, 5.74) is 0.669. The predicted molar refractivity (Wildman–Crippen MR) is 79.7 cm³/mol. The first kappa shape index (κ1) is 14.7. The van der Waals surface area contributed by atoms with Crippen LogP contribution in [0.4, 0.5) is 5.69 Å². The first-order valence-corrected chi connectivity index (χ1v) is 9.01. The van der Waals surface area contributed by atoms with E-state index in [2.05, 4.69) is 5.32 Å². The quantitative estimate of drug-likeness (QED) is 0.687. The summed E-state index contributed by atoms with van der Waals surface area (Å²) < 4.78 is 23.5. The van der Waals surface area contributed by atoms with Gasteiger partial charge in [-0.15, -0.1) is 11.6 Å². The molecule has 1 saturated carbocycles. The summed E-state index contributed by atoms with van der Waals surface area (Å²) in [5.74, 6) is 0. The Hall–Kier alpha value is -0.740. The fourth-order valence-corrected chi connectivity index (χ4v) is 3.73. The molecule has 5 heteroatoms. The second-order valence-corrected chi connectivity index (χ2v) is 7.72. The Labute approximate surface area is 120 Å². The van der Waals surface area contributed by atoms with E-state index in [4.69, 9.17) is 11.6 Å². The number of sulfone groups is 1. The molecule has 1 aromatic carbocycles. The lowest BCUT2D eigenvalue weighted by atomic mass is 10.1. The van der Waals surface area contributed by atoms with Crippen molar-refractivity contribution in [1.82, 2.24) is 0 Å². The normalized spacial score (nSPS) is 24.7. The Morgan fingerprint density at radius 1 is 1.16 bits per heavy atom. The summed E-state index contributed by atoms with van der Waals surface area (Å²) >= 11 is 6.39. The maximum atomic E-state index is 11.8. The maximum Gasteiger partial charge on any atom is 0.177 e. The highest BCUT2D eigenvalue weighted by molar-refractivity contribution is 7.90. The summed E-state index contributed by atoms with van der Waals surface area (Å²) in [5, 5.41) is 3.40. The van der Waals surface area contributed by atoms with E-state index < -0.39 is 9.84 Å². The molecule has 2 rings (SSSR count). The van der Waals surface area contributed by atoms with Crippen LogP contribution in [-0.2, 0) is 9.84 Å². The molecule has 2 unspecified atom stereocenters. The lowest BCUT2D eigenvalue weighted by Crippen LogP contribution is -2.29. The third kappa shape index (κ3) is 3.86. The number of nitrogens with one attached hydrogen (secondary N) is 1. The smallest absolute Gasteiger partial charge is 0.177 e. The van der Waals surface area contributed by atoms with Gasteiger partial charge in [-0.05, 0) is 25.0 Å². The molecule has 3 nitrogen and oxygen atoms in total. The minimum Gasteiger partial charge on any atom is -0.380 e. The number of halogens is 1. The largest absolute Gasteiger partial charge is 0.380 e. The minimum absolute atomic E-state index is 0.0649. The van der Waals surface area contributed by atoms with Gasteiger partial charge < -0.3 is 5.32 Å². The molecule has 1 N–H and O–H groups in total. The third-order valence-corrected chi connectivity index (χ3v) is 5.24. The molecule has 0 bridgehead atoms. The molecule has 1 aromatic rings. The summed E-state index contributed by atoms with van der Waals surface area (Å²) in [6, 6.07) is 7.18. The second kappa shape index (κ2) is 6.14. The van der Waals surface area contributed by atoms with Crippen LogP contribution >= 0.6 is 11.6 Å². The van der Waals surface area contributed by atoms with Crippen LogP contribution in [0.2, 0.25) is 0 Å². The van der Waals surface area contributed by atoms with Gasteiger partial charge in [0.2, 0.25) is 0 Å². The Morgan fingerprint density at radius 2 is 1.84 bits per heavy atom. The average Bonchev–Trinajstić information content (AvgIpc) is 2.54. The van der Waals surface area contributed by atoms with Gasteiger partial charge in [-0.2, -0.15) is 0 Å². The topological polar surface area (TPSA) is 46.2 Å². The van der Waals surface area contributed by atoms with Crippen LogP contribution in [0.15, 0.2) is 29.2 Å². The summed E-state index contributed by atoms with van der Waals surface area (Å²) in [4.78, 5) is 0.350. The van der Waals surface area contributed by atoms with E-state index >= 15 is 0 Å². The van der Waals surface area contributed by atoms with Crippen molar-refractivity contribution in [2.24, 2.45) is 0 Å². The number of hydrogen-bond donors (Lipinski definition) is 1. The molecule has 0 aliphatic heterocycles.